The third-order valence-electron chi connectivity index (χ3n) is 5.20. The van der Waals surface area contributed by atoms with E-state index >= 15 is 0 Å². The van der Waals surface area contributed by atoms with Crippen LogP contribution in [0.5, 0.6) is 5.88 Å². The van der Waals surface area contributed by atoms with Crippen LogP contribution in [0.4, 0.5) is 20.4 Å². The molecule has 148 valence electrons. The summed E-state index contributed by atoms with van der Waals surface area (Å²) in [6, 6.07) is 4.46. The molecule has 10 heteroatoms. The number of aliphatic imine (C=N–C) groups is 1. The predicted octanol–water partition coefficient (Wildman–Crippen LogP) is 2.05. The average molecular weight is 406 g/mol. The Morgan fingerprint density at radius 3 is 2.82 bits per heavy atom. The summed E-state index contributed by atoms with van der Waals surface area (Å²) in [5.74, 6) is -0.180. The lowest BCUT2D eigenvalue weighted by molar-refractivity contribution is 0.364. The van der Waals surface area contributed by atoms with Crippen LogP contribution in [0, 0.1) is 24.5 Å². The van der Waals surface area contributed by atoms with E-state index in [0.29, 0.717) is 41.2 Å². The van der Waals surface area contributed by atoms with E-state index in [4.69, 9.17) is 16.2 Å². The Morgan fingerprint density at radius 1 is 1.29 bits per heavy atom. The van der Waals surface area contributed by atoms with Gasteiger partial charge in [-0.2, -0.15) is 9.37 Å². The molecule has 4 rings (SSSR count). The molecule has 7 nitrogen and oxygen atoms in total. The number of benzene rings is 1. The molecule has 2 atom stereocenters. The highest BCUT2D eigenvalue weighted by molar-refractivity contribution is 8.13. The van der Waals surface area contributed by atoms with Gasteiger partial charge in [0.05, 0.1) is 19.3 Å². The van der Waals surface area contributed by atoms with Crippen LogP contribution < -0.4 is 21.1 Å². The molecular formula is C18H20F2N6OS. The molecule has 1 aromatic carbocycles. The number of aryl methyl sites for hydroxylation is 1. The van der Waals surface area contributed by atoms with Gasteiger partial charge < -0.3 is 21.1 Å². The molecule has 0 radical (unpaired) electrons. The van der Waals surface area contributed by atoms with E-state index in [1.165, 1.54) is 31.0 Å². The van der Waals surface area contributed by atoms with Crippen molar-refractivity contribution in [2.75, 3.05) is 36.6 Å². The van der Waals surface area contributed by atoms with Crippen LogP contribution >= 0.6 is 11.8 Å². The number of nitrogen functional groups attached to an aromatic ring is 1. The number of nitrogens with two attached hydrogens (primary N) is 2. The van der Waals surface area contributed by atoms with Gasteiger partial charge in [-0.1, -0.05) is 11.8 Å². The maximum absolute atomic E-state index is 14.8. The number of thioether (sulfide) groups is 1. The minimum absolute atomic E-state index is 0.0407. The fourth-order valence-electron chi connectivity index (χ4n) is 3.82. The van der Waals surface area contributed by atoms with E-state index in [1.807, 2.05) is 4.90 Å². The van der Waals surface area contributed by atoms with Crippen molar-refractivity contribution >= 4 is 28.6 Å². The summed E-state index contributed by atoms with van der Waals surface area (Å²) in [7, 11) is 1.35. The maximum atomic E-state index is 14.8. The monoisotopic (exact) mass is 406 g/mol. The number of rotatable bonds is 3. The smallest absolute Gasteiger partial charge is 0.255 e. The molecule has 1 saturated heterocycles. The van der Waals surface area contributed by atoms with E-state index in [0.717, 1.165) is 0 Å². The number of hydrogen-bond donors (Lipinski definition) is 2. The molecule has 0 spiro atoms. The average Bonchev–Trinajstić information content (AvgIpc) is 3.05. The van der Waals surface area contributed by atoms with Crippen LogP contribution in [0.1, 0.15) is 11.3 Å². The second-order valence-electron chi connectivity index (χ2n) is 6.93. The summed E-state index contributed by atoms with van der Waals surface area (Å²) in [4.78, 5) is 15.0. The van der Waals surface area contributed by atoms with Crippen LogP contribution in [-0.4, -0.2) is 41.1 Å². The zero-order valence-electron chi connectivity index (χ0n) is 15.4. The quantitative estimate of drug-likeness (QED) is 0.752. The Kier molecular flexibility index (Phi) is 4.53. The maximum Gasteiger partial charge on any atom is 0.255 e. The Balaban J connectivity index is 1.81. The lowest BCUT2D eigenvalue weighted by Gasteiger charge is -2.34. The molecule has 1 fully saturated rings. The summed E-state index contributed by atoms with van der Waals surface area (Å²) in [6.45, 7) is 2.37. The summed E-state index contributed by atoms with van der Waals surface area (Å²) in [6.07, 6.45) is 0. The SMILES string of the molecule is COc1nc(N2C[C@H]3CSC(N)=N[C@@]3(c3cc(N)ccc3F)C2)nc(C)c1F. The van der Waals surface area contributed by atoms with Gasteiger partial charge in [-0.05, 0) is 25.1 Å². The number of halogens is 2. The summed E-state index contributed by atoms with van der Waals surface area (Å²) >= 11 is 1.43. The first kappa shape index (κ1) is 18.7. The standard InChI is InChI=1S/C18H20F2N6OS/c1-9-14(20)15(27-2)24-17(23-9)26-6-10-7-28-16(22)25-18(10,8-26)12-5-11(21)3-4-13(12)19/h3-5,10H,6-8,21H2,1-2H3,(H2,22,25)/t10-,18-/m0/s1. The Bertz CT molecular complexity index is 971. The van der Waals surface area contributed by atoms with Gasteiger partial charge in [0, 0.05) is 29.5 Å². The van der Waals surface area contributed by atoms with Crippen molar-refractivity contribution in [1.29, 1.82) is 0 Å². The Hall–Kier alpha value is -2.62. The number of hydrogen-bond acceptors (Lipinski definition) is 8. The molecule has 2 aliphatic heterocycles. The van der Waals surface area contributed by atoms with Crippen molar-refractivity contribution in [3.8, 4) is 5.88 Å². The van der Waals surface area contributed by atoms with Gasteiger partial charge in [0.15, 0.2) is 5.17 Å². The van der Waals surface area contributed by atoms with Gasteiger partial charge in [0.2, 0.25) is 11.8 Å². The van der Waals surface area contributed by atoms with Crippen molar-refractivity contribution < 1.29 is 13.5 Å². The van der Waals surface area contributed by atoms with Gasteiger partial charge in [-0.15, -0.1) is 0 Å². The third kappa shape index (κ3) is 2.92. The van der Waals surface area contributed by atoms with Crippen molar-refractivity contribution in [1.82, 2.24) is 9.97 Å². The van der Waals surface area contributed by atoms with Crippen LogP contribution in [0.3, 0.4) is 0 Å². The number of methoxy groups -OCH3 is 1. The molecular weight excluding hydrogens is 386 g/mol. The lowest BCUT2D eigenvalue weighted by Crippen LogP contribution is -2.40. The molecule has 3 heterocycles. The summed E-state index contributed by atoms with van der Waals surface area (Å²) in [5, 5.41) is 0.397. The van der Waals surface area contributed by atoms with Gasteiger partial charge in [-0.3, -0.25) is 0 Å². The first-order chi connectivity index (χ1) is 13.3. The first-order valence-corrected chi connectivity index (χ1v) is 9.69. The van der Waals surface area contributed by atoms with Crippen molar-refractivity contribution in [3.05, 3.63) is 41.1 Å². The van der Waals surface area contributed by atoms with Gasteiger partial charge in [-0.25, -0.2) is 14.4 Å². The number of amidine groups is 1. The number of fused-ring (bicyclic) bond motifs is 1. The van der Waals surface area contributed by atoms with Crippen LogP contribution in [-0.2, 0) is 5.54 Å². The van der Waals surface area contributed by atoms with Gasteiger partial charge in [0.25, 0.3) is 5.88 Å². The number of anilines is 2. The van der Waals surface area contributed by atoms with E-state index < -0.39 is 17.2 Å². The molecule has 0 amide bonds. The van der Waals surface area contributed by atoms with Crippen LogP contribution in [0.15, 0.2) is 23.2 Å². The Morgan fingerprint density at radius 2 is 2.07 bits per heavy atom. The van der Waals surface area contributed by atoms with Crippen molar-refractivity contribution in [3.63, 3.8) is 0 Å². The summed E-state index contributed by atoms with van der Waals surface area (Å²) < 4.78 is 33.9. The molecule has 0 saturated carbocycles. The fraction of sp³-hybridized carbons (Fsp3) is 0.389. The van der Waals surface area contributed by atoms with E-state index in [1.54, 1.807) is 13.0 Å². The van der Waals surface area contributed by atoms with Crippen LogP contribution in [0.25, 0.3) is 0 Å². The number of nitrogens with zero attached hydrogens (tertiary/aromatic N) is 4. The molecule has 1 aromatic heterocycles. The van der Waals surface area contributed by atoms with E-state index in [9.17, 15) is 8.78 Å². The highest BCUT2D eigenvalue weighted by atomic mass is 32.2. The molecule has 2 aromatic rings. The van der Waals surface area contributed by atoms with Crippen molar-refractivity contribution in [2.45, 2.75) is 12.5 Å². The first-order valence-electron chi connectivity index (χ1n) is 8.70. The predicted molar refractivity (Wildman–Crippen MR) is 106 cm³/mol. The highest BCUT2D eigenvalue weighted by Crippen LogP contribution is 2.47. The topological polar surface area (TPSA) is 103 Å². The minimum Gasteiger partial charge on any atom is -0.479 e. The zero-order valence-corrected chi connectivity index (χ0v) is 16.3. The molecule has 4 N–H and O–H groups in total. The van der Waals surface area contributed by atoms with E-state index in [-0.39, 0.29) is 17.5 Å². The third-order valence-corrected chi connectivity index (χ3v) is 6.15. The second kappa shape index (κ2) is 6.77. The molecule has 28 heavy (non-hydrogen) atoms. The normalized spacial score (nSPS) is 24.1. The zero-order chi connectivity index (χ0) is 20.1. The minimum atomic E-state index is -0.909. The van der Waals surface area contributed by atoms with Crippen molar-refractivity contribution in [2.24, 2.45) is 16.6 Å². The van der Waals surface area contributed by atoms with Gasteiger partial charge in [0.1, 0.15) is 11.4 Å². The van der Waals surface area contributed by atoms with E-state index in [2.05, 4.69) is 15.0 Å². The largest absolute Gasteiger partial charge is 0.479 e. The molecule has 0 bridgehead atoms. The molecule has 0 unspecified atom stereocenters. The lowest BCUT2D eigenvalue weighted by atomic mass is 9.81. The number of ether oxygens (including phenoxy) is 1. The Labute approximate surface area is 165 Å². The molecule has 0 aliphatic carbocycles. The summed E-state index contributed by atoms with van der Waals surface area (Å²) in [5.41, 5.74) is 12.1. The second-order valence-corrected chi connectivity index (χ2v) is 7.97. The van der Waals surface area contributed by atoms with Gasteiger partial charge >= 0.3 is 0 Å². The van der Waals surface area contributed by atoms with Crippen LogP contribution in [0.2, 0.25) is 0 Å². The molecule has 2 aliphatic rings. The fourth-order valence-corrected chi connectivity index (χ4v) is 4.80. The number of aromatic nitrogens is 2. The highest BCUT2D eigenvalue weighted by Gasteiger charge is 2.52.